The van der Waals surface area contributed by atoms with Crippen molar-refractivity contribution in [3.05, 3.63) is 64.9 Å². The number of hydrogen-bond acceptors (Lipinski definition) is 5. The van der Waals surface area contributed by atoms with Crippen molar-refractivity contribution in [1.82, 2.24) is 0 Å². The van der Waals surface area contributed by atoms with E-state index in [4.69, 9.17) is 14.2 Å². The molecule has 0 saturated carbocycles. The first-order valence-corrected chi connectivity index (χ1v) is 7.74. The molecule has 0 saturated heterocycles. The van der Waals surface area contributed by atoms with Gasteiger partial charge in [-0.25, -0.2) is 9.79 Å². The van der Waals surface area contributed by atoms with Crippen LogP contribution in [0.2, 0.25) is 0 Å². The lowest BCUT2D eigenvalue weighted by Gasteiger charge is -2.08. The number of hydrogen-bond donors (Lipinski definition) is 0. The number of nitrogens with zero attached hydrogens (tertiary/aromatic N) is 1. The predicted octanol–water partition coefficient (Wildman–Crippen LogP) is 4.07. The molecule has 3 rings (SSSR count). The second-order valence-electron chi connectivity index (χ2n) is 5.53. The molecule has 0 aliphatic carbocycles. The highest BCUT2D eigenvalue weighted by Crippen LogP contribution is 2.31. The summed E-state index contributed by atoms with van der Waals surface area (Å²) in [4.78, 5) is 16.1. The Hall–Kier alpha value is -3.29. The monoisotopic (exact) mass is 377 g/mol. The Balaban J connectivity index is 1.89. The van der Waals surface area contributed by atoms with Crippen LogP contribution in [0.3, 0.4) is 0 Å². The van der Waals surface area contributed by atoms with Crippen molar-refractivity contribution in [3.8, 4) is 11.5 Å². The maximum atomic E-state index is 12.6. The average Bonchev–Trinajstić information content (AvgIpc) is 3.01. The maximum absolute atomic E-state index is 12.6. The molecule has 2 aromatic carbocycles. The molecule has 27 heavy (non-hydrogen) atoms. The summed E-state index contributed by atoms with van der Waals surface area (Å²) in [7, 11) is 2.97. The third kappa shape index (κ3) is 3.94. The number of aliphatic imine (C=N–C) groups is 1. The van der Waals surface area contributed by atoms with Gasteiger partial charge in [0.25, 0.3) is 0 Å². The molecule has 0 spiro atoms. The summed E-state index contributed by atoms with van der Waals surface area (Å²) < 4.78 is 53.3. The number of carbonyl (C=O) groups is 1. The van der Waals surface area contributed by atoms with Crippen molar-refractivity contribution in [2.45, 2.75) is 6.18 Å². The molecular formula is C19H14F3NO4. The van der Waals surface area contributed by atoms with Crippen molar-refractivity contribution < 1.29 is 32.2 Å². The SMILES string of the molecule is COc1ccc(C2=N/C(=C\c3ccc(C(F)(F)F)cc3)C(=O)O2)cc1OC. The number of methoxy groups -OCH3 is 2. The van der Waals surface area contributed by atoms with Gasteiger partial charge in [0.15, 0.2) is 17.2 Å². The van der Waals surface area contributed by atoms with Crippen LogP contribution in [0.5, 0.6) is 11.5 Å². The van der Waals surface area contributed by atoms with Crippen LogP contribution in [0, 0.1) is 0 Å². The van der Waals surface area contributed by atoms with Crippen LogP contribution in [-0.2, 0) is 15.7 Å². The molecule has 0 radical (unpaired) electrons. The lowest BCUT2D eigenvalue weighted by molar-refractivity contribution is -0.137. The van der Waals surface area contributed by atoms with Gasteiger partial charge in [0, 0.05) is 5.56 Å². The van der Waals surface area contributed by atoms with E-state index in [1.165, 1.54) is 32.4 Å². The van der Waals surface area contributed by atoms with Crippen molar-refractivity contribution in [3.63, 3.8) is 0 Å². The Kier molecular flexibility index (Phi) is 4.89. The number of cyclic esters (lactones) is 1. The minimum atomic E-state index is -4.42. The first kappa shape index (κ1) is 18.5. The van der Waals surface area contributed by atoms with Gasteiger partial charge in [-0.05, 0) is 42.0 Å². The van der Waals surface area contributed by atoms with E-state index >= 15 is 0 Å². The summed E-state index contributed by atoms with van der Waals surface area (Å²) in [5.41, 5.74) is 0.108. The highest BCUT2D eigenvalue weighted by molar-refractivity contribution is 6.13. The van der Waals surface area contributed by atoms with E-state index in [2.05, 4.69) is 4.99 Å². The van der Waals surface area contributed by atoms with Gasteiger partial charge in [0.2, 0.25) is 5.90 Å². The number of benzene rings is 2. The fourth-order valence-corrected chi connectivity index (χ4v) is 2.43. The highest BCUT2D eigenvalue weighted by Gasteiger charge is 2.30. The van der Waals surface area contributed by atoms with Crippen LogP contribution in [-0.4, -0.2) is 26.1 Å². The Morgan fingerprint density at radius 1 is 1.00 bits per heavy atom. The Morgan fingerprint density at radius 3 is 2.26 bits per heavy atom. The van der Waals surface area contributed by atoms with Crippen LogP contribution in [0.25, 0.3) is 6.08 Å². The van der Waals surface area contributed by atoms with E-state index in [1.54, 1.807) is 18.2 Å². The Labute approximate surface area is 152 Å². The summed E-state index contributed by atoms with van der Waals surface area (Å²) in [6.45, 7) is 0. The number of halogens is 3. The van der Waals surface area contributed by atoms with Gasteiger partial charge < -0.3 is 14.2 Å². The zero-order valence-corrected chi connectivity index (χ0v) is 14.3. The average molecular weight is 377 g/mol. The minimum absolute atomic E-state index is 0.0143. The number of ether oxygens (including phenoxy) is 3. The quantitative estimate of drug-likeness (QED) is 0.595. The summed E-state index contributed by atoms with van der Waals surface area (Å²) >= 11 is 0. The lowest BCUT2D eigenvalue weighted by atomic mass is 10.1. The van der Waals surface area contributed by atoms with Gasteiger partial charge in [-0.2, -0.15) is 13.2 Å². The third-order valence-corrected chi connectivity index (χ3v) is 3.79. The summed E-state index contributed by atoms with van der Waals surface area (Å²) in [5, 5.41) is 0. The van der Waals surface area contributed by atoms with Crippen LogP contribution < -0.4 is 9.47 Å². The van der Waals surface area contributed by atoms with E-state index in [-0.39, 0.29) is 11.6 Å². The molecule has 0 N–H and O–H groups in total. The van der Waals surface area contributed by atoms with Gasteiger partial charge >= 0.3 is 12.1 Å². The van der Waals surface area contributed by atoms with E-state index in [1.807, 2.05) is 0 Å². The number of alkyl halides is 3. The Morgan fingerprint density at radius 2 is 1.67 bits per heavy atom. The molecule has 0 amide bonds. The van der Waals surface area contributed by atoms with Gasteiger partial charge in [-0.3, -0.25) is 0 Å². The number of carbonyl (C=O) groups excluding carboxylic acids is 1. The molecule has 0 unspecified atom stereocenters. The summed E-state index contributed by atoms with van der Waals surface area (Å²) in [5.74, 6) is 0.319. The van der Waals surface area contributed by atoms with Gasteiger partial charge in [0.1, 0.15) is 0 Å². The zero-order valence-electron chi connectivity index (χ0n) is 14.3. The summed E-state index contributed by atoms with van der Waals surface area (Å²) in [6, 6.07) is 9.28. The zero-order chi connectivity index (χ0) is 19.6. The molecule has 1 aliphatic heterocycles. The van der Waals surface area contributed by atoms with Crippen LogP contribution in [0.4, 0.5) is 13.2 Å². The molecule has 1 heterocycles. The first-order valence-electron chi connectivity index (χ1n) is 7.74. The van der Waals surface area contributed by atoms with E-state index in [0.29, 0.717) is 22.6 Å². The molecule has 1 aliphatic rings. The molecule has 0 atom stereocenters. The van der Waals surface area contributed by atoms with Crippen LogP contribution in [0.1, 0.15) is 16.7 Å². The maximum Gasteiger partial charge on any atom is 0.416 e. The number of rotatable bonds is 4. The van der Waals surface area contributed by atoms with Crippen molar-refractivity contribution in [2.24, 2.45) is 4.99 Å². The normalized spacial score (nSPS) is 15.5. The molecule has 0 aromatic heterocycles. The standard InChI is InChI=1S/C19H14F3NO4/c1-25-15-8-5-12(10-16(15)26-2)17-23-14(18(24)27-17)9-11-3-6-13(7-4-11)19(20,21)22/h3-10H,1-2H3/b14-9-. The number of esters is 1. The molecule has 140 valence electrons. The topological polar surface area (TPSA) is 57.1 Å². The molecular weight excluding hydrogens is 363 g/mol. The Bertz CT molecular complexity index is 931. The summed E-state index contributed by atoms with van der Waals surface area (Å²) in [6.07, 6.45) is -3.06. The molecule has 2 aromatic rings. The minimum Gasteiger partial charge on any atom is -0.493 e. The van der Waals surface area contributed by atoms with E-state index in [0.717, 1.165) is 12.1 Å². The van der Waals surface area contributed by atoms with Crippen LogP contribution >= 0.6 is 0 Å². The highest BCUT2D eigenvalue weighted by atomic mass is 19.4. The first-order chi connectivity index (χ1) is 12.8. The molecule has 0 fully saturated rings. The van der Waals surface area contributed by atoms with Gasteiger partial charge in [-0.1, -0.05) is 12.1 Å². The fraction of sp³-hybridized carbons (Fsp3) is 0.158. The largest absolute Gasteiger partial charge is 0.493 e. The van der Waals surface area contributed by atoms with Crippen molar-refractivity contribution in [2.75, 3.05) is 14.2 Å². The van der Waals surface area contributed by atoms with E-state index in [9.17, 15) is 18.0 Å². The smallest absolute Gasteiger partial charge is 0.416 e. The predicted molar refractivity (Wildman–Crippen MR) is 91.6 cm³/mol. The third-order valence-electron chi connectivity index (χ3n) is 3.79. The van der Waals surface area contributed by atoms with Gasteiger partial charge in [0.05, 0.1) is 19.8 Å². The van der Waals surface area contributed by atoms with Crippen LogP contribution in [0.15, 0.2) is 53.2 Å². The fourth-order valence-electron chi connectivity index (χ4n) is 2.43. The molecule has 8 heteroatoms. The molecule has 5 nitrogen and oxygen atoms in total. The second kappa shape index (κ2) is 7.14. The molecule has 0 bridgehead atoms. The second-order valence-corrected chi connectivity index (χ2v) is 5.53. The van der Waals surface area contributed by atoms with Crippen molar-refractivity contribution >= 4 is 17.9 Å². The van der Waals surface area contributed by atoms with E-state index < -0.39 is 17.7 Å². The van der Waals surface area contributed by atoms with Crippen molar-refractivity contribution in [1.29, 1.82) is 0 Å². The van der Waals surface area contributed by atoms with Gasteiger partial charge in [-0.15, -0.1) is 0 Å². The lowest BCUT2D eigenvalue weighted by Crippen LogP contribution is -2.06.